The Morgan fingerprint density at radius 1 is 1.07 bits per heavy atom. The molecule has 1 aliphatic rings. The number of fused-ring (bicyclic) bond motifs is 1. The summed E-state index contributed by atoms with van der Waals surface area (Å²) in [5.41, 5.74) is 4.38. The monoisotopic (exact) mass is 389 g/mol. The second-order valence-corrected chi connectivity index (χ2v) is 6.80. The number of hydrogen-bond donors (Lipinski definition) is 1. The number of carbonyl (C=O) groups excluding carboxylic acids is 1. The lowest BCUT2D eigenvalue weighted by atomic mass is 10.0. The molecular formula is C23H23N3O3. The van der Waals surface area contributed by atoms with E-state index < -0.39 is 0 Å². The molecule has 0 spiro atoms. The standard InChI is InChI=1S/C23H23N3O3/c1-28-18-9-10-19(22(15-18)29-2)25-23(27)20-14-17(11-12-24-20)26-13-5-7-16-6-3-4-8-21(16)26/h3-4,6,8-12,14-15H,5,7,13H2,1-2H3,(H,25,27). The van der Waals surface area contributed by atoms with Crippen molar-refractivity contribution in [1.29, 1.82) is 0 Å². The first-order chi connectivity index (χ1) is 14.2. The van der Waals surface area contributed by atoms with Gasteiger partial charge in [0, 0.05) is 30.2 Å². The Kier molecular flexibility index (Phi) is 5.33. The number of rotatable bonds is 5. The van der Waals surface area contributed by atoms with E-state index in [1.807, 2.05) is 18.2 Å². The maximum atomic E-state index is 12.8. The molecule has 0 saturated carbocycles. The van der Waals surface area contributed by atoms with Gasteiger partial charge in [0.1, 0.15) is 17.2 Å². The van der Waals surface area contributed by atoms with Crippen molar-refractivity contribution in [2.75, 3.05) is 31.0 Å². The molecule has 0 saturated heterocycles. The molecule has 0 bridgehead atoms. The van der Waals surface area contributed by atoms with Crippen LogP contribution in [0.15, 0.2) is 60.8 Å². The van der Waals surface area contributed by atoms with Crippen LogP contribution in [0, 0.1) is 0 Å². The van der Waals surface area contributed by atoms with Crippen LogP contribution < -0.4 is 19.7 Å². The third-order valence-corrected chi connectivity index (χ3v) is 5.05. The van der Waals surface area contributed by atoms with Crippen molar-refractivity contribution in [3.63, 3.8) is 0 Å². The lowest BCUT2D eigenvalue weighted by Crippen LogP contribution is -2.25. The number of nitrogens with one attached hydrogen (secondary N) is 1. The van der Waals surface area contributed by atoms with Crippen LogP contribution in [0.5, 0.6) is 11.5 Å². The van der Waals surface area contributed by atoms with E-state index in [2.05, 4.69) is 33.4 Å². The summed E-state index contributed by atoms with van der Waals surface area (Å²) >= 11 is 0. The number of hydrogen-bond acceptors (Lipinski definition) is 5. The van der Waals surface area contributed by atoms with Crippen molar-refractivity contribution in [1.82, 2.24) is 4.98 Å². The minimum absolute atomic E-state index is 0.291. The van der Waals surface area contributed by atoms with Crippen LogP contribution in [0.3, 0.4) is 0 Å². The van der Waals surface area contributed by atoms with Gasteiger partial charge in [0.25, 0.3) is 5.91 Å². The maximum Gasteiger partial charge on any atom is 0.274 e. The topological polar surface area (TPSA) is 63.7 Å². The zero-order valence-electron chi connectivity index (χ0n) is 16.5. The highest BCUT2D eigenvalue weighted by Crippen LogP contribution is 2.34. The highest BCUT2D eigenvalue weighted by Gasteiger charge is 2.19. The number of carbonyl (C=O) groups is 1. The second-order valence-electron chi connectivity index (χ2n) is 6.80. The Bertz CT molecular complexity index is 1040. The van der Waals surface area contributed by atoms with Gasteiger partial charge in [-0.05, 0) is 48.7 Å². The minimum Gasteiger partial charge on any atom is -0.497 e. The summed E-state index contributed by atoms with van der Waals surface area (Å²) in [4.78, 5) is 19.4. The number of benzene rings is 2. The summed E-state index contributed by atoms with van der Waals surface area (Å²) in [6.45, 7) is 0.911. The van der Waals surface area contributed by atoms with E-state index in [1.54, 1.807) is 38.6 Å². The molecule has 29 heavy (non-hydrogen) atoms. The number of aromatic nitrogens is 1. The molecule has 6 nitrogen and oxygen atoms in total. The molecule has 0 atom stereocenters. The first kappa shape index (κ1) is 18.8. The molecular weight excluding hydrogens is 366 g/mol. The SMILES string of the molecule is COc1ccc(NC(=O)c2cc(N3CCCc4ccccc43)ccn2)c(OC)c1. The summed E-state index contributed by atoms with van der Waals surface area (Å²) in [7, 11) is 3.14. The third kappa shape index (κ3) is 3.87. The van der Waals surface area contributed by atoms with Crippen LogP contribution in [0.1, 0.15) is 22.5 Å². The molecule has 0 fully saturated rings. The summed E-state index contributed by atoms with van der Waals surface area (Å²) < 4.78 is 10.6. The van der Waals surface area contributed by atoms with Crippen molar-refractivity contribution in [3.8, 4) is 11.5 Å². The first-order valence-corrected chi connectivity index (χ1v) is 9.54. The van der Waals surface area contributed by atoms with Crippen LogP contribution >= 0.6 is 0 Å². The van der Waals surface area contributed by atoms with E-state index >= 15 is 0 Å². The normalized spacial score (nSPS) is 12.8. The molecule has 3 aromatic rings. The summed E-state index contributed by atoms with van der Waals surface area (Å²) in [5, 5.41) is 2.88. The molecule has 1 N–H and O–H groups in total. The van der Waals surface area contributed by atoms with Crippen molar-refractivity contribution < 1.29 is 14.3 Å². The minimum atomic E-state index is -0.291. The summed E-state index contributed by atoms with van der Waals surface area (Å²) in [6, 6.07) is 17.4. The van der Waals surface area contributed by atoms with Gasteiger partial charge in [-0.25, -0.2) is 0 Å². The van der Waals surface area contributed by atoms with E-state index in [-0.39, 0.29) is 5.91 Å². The highest BCUT2D eigenvalue weighted by atomic mass is 16.5. The Balaban J connectivity index is 1.59. The number of pyridine rings is 1. The zero-order valence-corrected chi connectivity index (χ0v) is 16.5. The van der Waals surface area contributed by atoms with Gasteiger partial charge in [-0.15, -0.1) is 0 Å². The molecule has 2 aromatic carbocycles. The number of anilines is 3. The number of aryl methyl sites for hydroxylation is 1. The Hall–Kier alpha value is -3.54. The smallest absolute Gasteiger partial charge is 0.274 e. The van der Waals surface area contributed by atoms with Gasteiger partial charge in [0.2, 0.25) is 0 Å². The van der Waals surface area contributed by atoms with Crippen LogP contribution in [0.4, 0.5) is 17.1 Å². The zero-order chi connectivity index (χ0) is 20.2. The van der Waals surface area contributed by atoms with Gasteiger partial charge in [-0.2, -0.15) is 0 Å². The van der Waals surface area contributed by atoms with Crippen molar-refractivity contribution >= 4 is 23.0 Å². The second kappa shape index (κ2) is 8.22. The Morgan fingerprint density at radius 2 is 1.93 bits per heavy atom. The molecule has 6 heteroatoms. The van der Waals surface area contributed by atoms with Crippen LogP contribution in [0.2, 0.25) is 0 Å². The first-order valence-electron chi connectivity index (χ1n) is 9.54. The van der Waals surface area contributed by atoms with E-state index in [9.17, 15) is 4.79 Å². The van der Waals surface area contributed by atoms with Gasteiger partial charge in [0.05, 0.1) is 19.9 Å². The third-order valence-electron chi connectivity index (χ3n) is 5.05. The molecule has 4 rings (SSSR count). The molecule has 0 radical (unpaired) electrons. The molecule has 148 valence electrons. The summed E-state index contributed by atoms with van der Waals surface area (Å²) in [6.07, 6.45) is 3.82. The number of ether oxygens (including phenoxy) is 2. The van der Waals surface area contributed by atoms with E-state index in [0.29, 0.717) is 22.9 Å². The fourth-order valence-electron chi connectivity index (χ4n) is 3.60. The van der Waals surface area contributed by atoms with E-state index in [1.165, 1.54) is 11.3 Å². The van der Waals surface area contributed by atoms with Crippen LogP contribution in [-0.2, 0) is 6.42 Å². The predicted octanol–water partition coefficient (Wildman–Crippen LogP) is 4.44. The van der Waals surface area contributed by atoms with E-state index in [4.69, 9.17) is 9.47 Å². The van der Waals surface area contributed by atoms with E-state index in [0.717, 1.165) is 25.1 Å². The van der Waals surface area contributed by atoms with Crippen LogP contribution in [0.25, 0.3) is 0 Å². The highest BCUT2D eigenvalue weighted by molar-refractivity contribution is 6.04. The molecule has 0 unspecified atom stereocenters. The Labute approximate surface area is 170 Å². The fourth-order valence-corrected chi connectivity index (χ4v) is 3.60. The quantitative estimate of drug-likeness (QED) is 0.699. The van der Waals surface area contributed by atoms with Gasteiger partial charge in [-0.1, -0.05) is 18.2 Å². The van der Waals surface area contributed by atoms with Crippen molar-refractivity contribution in [3.05, 3.63) is 72.1 Å². The van der Waals surface area contributed by atoms with Crippen molar-refractivity contribution in [2.24, 2.45) is 0 Å². The van der Waals surface area contributed by atoms with Gasteiger partial charge >= 0.3 is 0 Å². The average Bonchev–Trinajstić information content (AvgIpc) is 2.79. The largest absolute Gasteiger partial charge is 0.497 e. The number of nitrogens with zero attached hydrogens (tertiary/aromatic N) is 2. The van der Waals surface area contributed by atoms with Gasteiger partial charge in [-0.3, -0.25) is 9.78 Å². The van der Waals surface area contributed by atoms with Crippen LogP contribution in [-0.4, -0.2) is 31.7 Å². The maximum absolute atomic E-state index is 12.8. The molecule has 2 heterocycles. The summed E-state index contributed by atoms with van der Waals surface area (Å²) in [5.74, 6) is 0.892. The number of para-hydroxylation sites is 1. The fraction of sp³-hybridized carbons (Fsp3) is 0.217. The van der Waals surface area contributed by atoms with Gasteiger partial charge in [0.15, 0.2) is 0 Å². The predicted molar refractivity (Wildman–Crippen MR) is 114 cm³/mol. The average molecular weight is 389 g/mol. The number of methoxy groups -OCH3 is 2. The Morgan fingerprint density at radius 3 is 2.76 bits per heavy atom. The molecule has 1 amide bonds. The van der Waals surface area contributed by atoms with Gasteiger partial charge < -0.3 is 19.7 Å². The molecule has 1 aliphatic heterocycles. The lowest BCUT2D eigenvalue weighted by molar-refractivity contribution is 0.102. The molecule has 1 aromatic heterocycles. The molecule has 0 aliphatic carbocycles. The number of amides is 1. The lowest BCUT2D eigenvalue weighted by Gasteiger charge is -2.31. The van der Waals surface area contributed by atoms with Crippen molar-refractivity contribution in [2.45, 2.75) is 12.8 Å².